The van der Waals surface area contributed by atoms with Gasteiger partial charge in [0.25, 0.3) is 0 Å². The number of benzene rings is 1. The SMILES string of the molecule is O=C(COC(=O)[C@@H]1CC=CCC1)c1ccc2c(c1)OCCO2. The van der Waals surface area contributed by atoms with Gasteiger partial charge in [0.1, 0.15) is 13.2 Å². The minimum atomic E-state index is -0.296. The molecule has 0 saturated carbocycles. The molecule has 0 spiro atoms. The average Bonchev–Trinajstić information content (AvgIpc) is 2.59. The normalized spacial score (nSPS) is 19.5. The standard InChI is InChI=1S/C17H18O5/c18-14(11-22-17(19)12-4-2-1-3-5-12)13-6-7-15-16(10-13)21-9-8-20-15/h1-2,6-7,10,12H,3-5,8-9,11H2/t12-/m1/s1. The van der Waals surface area contributed by atoms with E-state index in [1.54, 1.807) is 18.2 Å². The summed E-state index contributed by atoms with van der Waals surface area (Å²) in [5, 5.41) is 0. The zero-order valence-electron chi connectivity index (χ0n) is 12.2. The second-order valence-corrected chi connectivity index (χ2v) is 5.37. The fourth-order valence-corrected chi connectivity index (χ4v) is 2.56. The van der Waals surface area contributed by atoms with Gasteiger partial charge < -0.3 is 14.2 Å². The average molecular weight is 302 g/mol. The van der Waals surface area contributed by atoms with Gasteiger partial charge in [0, 0.05) is 5.56 Å². The Bertz CT molecular complexity index is 605. The van der Waals surface area contributed by atoms with E-state index in [0.717, 1.165) is 12.8 Å². The lowest BCUT2D eigenvalue weighted by atomic mass is 9.95. The van der Waals surface area contributed by atoms with Crippen molar-refractivity contribution < 1.29 is 23.8 Å². The first-order valence-corrected chi connectivity index (χ1v) is 7.48. The molecule has 0 amide bonds. The van der Waals surface area contributed by atoms with Gasteiger partial charge in [-0.05, 0) is 37.5 Å². The fourth-order valence-electron chi connectivity index (χ4n) is 2.56. The molecule has 2 aliphatic rings. The van der Waals surface area contributed by atoms with Gasteiger partial charge in [0.2, 0.25) is 0 Å². The summed E-state index contributed by atoms with van der Waals surface area (Å²) in [5.41, 5.74) is 0.459. The van der Waals surface area contributed by atoms with Gasteiger partial charge in [-0.1, -0.05) is 12.2 Å². The largest absolute Gasteiger partial charge is 0.486 e. The molecule has 1 aliphatic heterocycles. The number of carbonyl (C=O) groups is 2. The molecule has 1 heterocycles. The molecule has 1 aromatic carbocycles. The van der Waals surface area contributed by atoms with E-state index in [2.05, 4.69) is 6.08 Å². The molecular formula is C17H18O5. The molecule has 22 heavy (non-hydrogen) atoms. The number of Topliss-reactive ketones (excluding diaryl/α,β-unsaturated/α-hetero) is 1. The lowest BCUT2D eigenvalue weighted by molar-refractivity contribution is -0.147. The van der Waals surface area contributed by atoms with E-state index in [1.807, 2.05) is 6.08 Å². The Morgan fingerprint density at radius 2 is 1.95 bits per heavy atom. The second kappa shape index (κ2) is 6.64. The van der Waals surface area contributed by atoms with Crippen molar-refractivity contribution in [3.8, 4) is 11.5 Å². The number of carbonyl (C=O) groups excluding carboxylic acids is 2. The van der Waals surface area contributed by atoms with E-state index in [1.165, 1.54) is 0 Å². The van der Waals surface area contributed by atoms with Gasteiger partial charge in [-0.3, -0.25) is 9.59 Å². The Kier molecular flexibility index (Phi) is 4.42. The van der Waals surface area contributed by atoms with Crippen LogP contribution in [0.5, 0.6) is 11.5 Å². The van der Waals surface area contributed by atoms with Crippen LogP contribution in [-0.2, 0) is 9.53 Å². The summed E-state index contributed by atoms with van der Waals surface area (Å²) in [7, 11) is 0. The summed E-state index contributed by atoms with van der Waals surface area (Å²) in [6, 6.07) is 5.00. The highest BCUT2D eigenvalue weighted by atomic mass is 16.6. The molecule has 1 aliphatic carbocycles. The molecule has 0 bridgehead atoms. The van der Waals surface area contributed by atoms with E-state index in [0.29, 0.717) is 36.7 Å². The maximum absolute atomic E-state index is 12.1. The molecule has 0 radical (unpaired) electrons. The number of esters is 1. The van der Waals surface area contributed by atoms with Gasteiger partial charge >= 0.3 is 5.97 Å². The van der Waals surface area contributed by atoms with Crippen molar-refractivity contribution in [2.24, 2.45) is 5.92 Å². The Balaban J connectivity index is 1.57. The zero-order valence-corrected chi connectivity index (χ0v) is 12.2. The van der Waals surface area contributed by atoms with Crippen molar-refractivity contribution >= 4 is 11.8 Å². The number of hydrogen-bond donors (Lipinski definition) is 0. The molecule has 116 valence electrons. The molecule has 0 N–H and O–H groups in total. The minimum Gasteiger partial charge on any atom is -0.486 e. The van der Waals surface area contributed by atoms with Crippen LogP contribution in [-0.4, -0.2) is 31.6 Å². The zero-order chi connectivity index (χ0) is 15.4. The third kappa shape index (κ3) is 3.30. The molecule has 3 rings (SSSR count). The van der Waals surface area contributed by atoms with Crippen LogP contribution in [0.3, 0.4) is 0 Å². The molecule has 5 heteroatoms. The first-order valence-electron chi connectivity index (χ1n) is 7.48. The van der Waals surface area contributed by atoms with E-state index in [4.69, 9.17) is 14.2 Å². The summed E-state index contributed by atoms with van der Waals surface area (Å²) in [6.07, 6.45) is 6.41. The van der Waals surface area contributed by atoms with E-state index in [-0.39, 0.29) is 24.3 Å². The van der Waals surface area contributed by atoms with Crippen LogP contribution in [0.4, 0.5) is 0 Å². The number of rotatable bonds is 4. The Morgan fingerprint density at radius 1 is 1.14 bits per heavy atom. The van der Waals surface area contributed by atoms with Crippen LogP contribution in [0.2, 0.25) is 0 Å². The quantitative estimate of drug-likeness (QED) is 0.486. The highest BCUT2D eigenvalue weighted by Gasteiger charge is 2.22. The number of hydrogen-bond acceptors (Lipinski definition) is 5. The molecule has 0 aromatic heterocycles. The van der Waals surface area contributed by atoms with Crippen LogP contribution in [0.1, 0.15) is 29.6 Å². The second-order valence-electron chi connectivity index (χ2n) is 5.37. The summed E-state index contributed by atoms with van der Waals surface area (Å²) in [6.45, 7) is 0.737. The van der Waals surface area contributed by atoms with E-state index >= 15 is 0 Å². The van der Waals surface area contributed by atoms with Crippen LogP contribution < -0.4 is 9.47 Å². The maximum Gasteiger partial charge on any atom is 0.309 e. The van der Waals surface area contributed by atoms with Crippen molar-refractivity contribution in [1.82, 2.24) is 0 Å². The van der Waals surface area contributed by atoms with Crippen molar-refractivity contribution in [3.05, 3.63) is 35.9 Å². The smallest absolute Gasteiger partial charge is 0.309 e. The molecular weight excluding hydrogens is 284 g/mol. The summed E-state index contributed by atoms with van der Waals surface area (Å²) < 4.78 is 16.0. The van der Waals surface area contributed by atoms with Crippen molar-refractivity contribution in [3.63, 3.8) is 0 Å². The lowest BCUT2D eigenvalue weighted by Gasteiger charge is -2.19. The van der Waals surface area contributed by atoms with Crippen molar-refractivity contribution in [2.45, 2.75) is 19.3 Å². The van der Waals surface area contributed by atoms with E-state index < -0.39 is 0 Å². The Hall–Kier alpha value is -2.30. The molecule has 0 unspecified atom stereocenters. The third-order valence-corrected chi connectivity index (χ3v) is 3.81. The monoisotopic (exact) mass is 302 g/mol. The van der Waals surface area contributed by atoms with Gasteiger partial charge in [0.05, 0.1) is 5.92 Å². The Labute approximate surface area is 128 Å². The molecule has 5 nitrogen and oxygen atoms in total. The first-order chi connectivity index (χ1) is 10.7. The number of ether oxygens (including phenoxy) is 3. The van der Waals surface area contributed by atoms with Crippen molar-refractivity contribution in [2.75, 3.05) is 19.8 Å². The van der Waals surface area contributed by atoms with Gasteiger partial charge in [-0.15, -0.1) is 0 Å². The fraction of sp³-hybridized carbons (Fsp3) is 0.412. The molecule has 1 aromatic rings. The lowest BCUT2D eigenvalue weighted by Crippen LogP contribution is -2.22. The number of allylic oxidation sites excluding steroid dienone is 2. The molecule has 1 atom stereocenters. The Morgan fingerprint density at radius 3 is 2.73 bits per heavy atom. The predicted molar refractivity (Wildman–Crippen MR) is 79.2 cm³/mol. The number of fused-ring (bicyclic) bond motifs is 1. The summed E-state index contributed by atoms with van der Waals surface area (Å²) in [5.74, 6) is 0.527. The van der Waals surface area contributed by atoms with Gasteiger partial charge in [-0.25, -0.2) is 0 Å². The number of ketones is 1. The summed E-state index contributed by atoms with van der Waals surface area (Å²) in [4.78, 5) is 24.0. The predicted octanol–water partition coefficient (Wildman–Crippen LogP) is 2.54. The third-order valence-electron chi connectivity index (χ3n) is 3.81. The van der Waals surface area contributed by atoms with Gasteiger partial charge in [0.15, 0.2) is 23.9 Å². The maximum atomic E-state index is 12.1. The van der Waals surface area contributed by atoms with Crippen molar-refractivity contribution in [1.29, 1.82) is 0 Å². The van der Waals surface area contributed by atoms with Crippen LogP contribution in [0.15, 0.2) is 30.4 Å². The highest BCUT2D eigenvalue weighted by molar-refractivity contribution is 5.98. The van der Waals surface area contributed by atoms with E-state index in [9.17, 15) is 9.59 Å². The highest BCUT2D eigenvalue weighted by Crippen LogP contribution is 2.30. The topological polar surface area (TPSA) is 61.8 Å². The molecule has 0 saturated heterocycles. The van der Waals surface area contributed by atoms with Crippen LogP contribution >= 0.6 is 0 Å². The van der Waals surface area contributed by atoms with Gasteiger partial charge in [-0.2, -0.15) is 0 Å². The van der Waals surface area contributed by atoms with Crippen LogP contribution in [0.25, 0.3) is 0 Å². The molecule has 0 fully saturated rings. The minimum absolute atomic E-state index is 0.127. The first kappa shape index (κ1) is 14.6. The van der Waals surface area contributed by atoms with Crippen LogP contribution in [0, 0.1) is 5.92 Å². The summed E-state index contributed by atoms with van der Waals surface area (Å²) >= 11 is 0.